The molecule has 2 aromatic rings. The topological polar surface area (TPSA) is 35.0 Å². The summed E-state index contributed by atoms with van der Waals surface area (Å²) in [5.74, 6) is -3.05. The molecule has 0 aliphatic carbocycles. The van der Waals surface area contributed by atoms with Gasteiger partial charge in [-0.2, -0.15) is 8.78 Å². The molecule has 0 aliphatic rings. The number of nitrogens with zero attached hydrogens (tertiary/aromatic N) is 2. The van der Waals surface area contributed by atoms with Crippen LogP contribution in [0.15, 0.2) is 61.4 Å². The highest BCUT2D eigenvalue weighted by molar-refractivity contribution is 6.30. The van der Waals surface area contributed by atoms with Crippen LogP contribution in [0.1, 0.15) is 5.69 Å². The molecule has 0 fully saturated rings. The zero-order chi connectivity index (χ0) is 16.2. The van der Waals surface area contributed by atoms with Crippen LogP contribution in [0.25, 0.3) is 11.0 Å². The van der Waals surface area contributed by atoms with Crippen molar-refractivity contribution in [2.45, 2.75) is 5.92 Å². The van der Waals surface area contributed by atoms with Gasteiger partial charge in [0, 0.05) is 0 Å². The van der Waals surface area contributed by atoms with Gasteiger partial charge < -0.3 is 4.74 Å². The van der Waals surface area contributed by atoms with Crippen LogP contribution in [-0.2, 0) is 10.7 Å². The van der Waals surface area contributed by atoms with E-state index in [1.807, 2.05) is 0 Å². The van der Waals surface area contributed by atoms with Gasteiger partial charge >= 0.3 is 5.92 Å². The first-order chi connectivity index (χ1) is 10.4. The molecular formula is C16H13ClF2N2O. The predicted molar refractivity (Wildman–Crippen MR) is 82.9 cm³/mol. The van der Waals surface area contributed by atoms with E-state index in [1.54, 1.807) is 24.3 Å². The molecule has 0 amide bonds. The Kier molecular flexibility index (Phi) is 4.88. The van der Waals surface area contributed by atoms with Gasteiger partial charge in [0.15, 0.2) is 10.8 Å². The minimum absolute atomic E-state index is 0.0565. The van der Waals surface area contributed by atoms with E-state index in [0.29, 0.717) is 22.9 Å². The molecule has 0 aliphatic heterocycles. The van der Waals surface area contributed by atoms with Crippen LogP contribution >= 0.6 is 11.6 Å². The lowest BCUT2D eigenvalue weighted by molar-refractivity contribution is 0.0465. The first-order valence-corrected chi connectivity index (χ1v) is 6.74. The molecule has 6 heteroatoms. The summed E-state index contributed by atoms with van der Waals surface area (Å²) in [5.41, 5.74) is 0.222. The van der Waals surface area contributed by atoms with Crippen molar-refractivity contribution in [1.29, 1.82) is 0 Å². The van der Waals surface area contributed by atoms with E-state index >= 15 is 0 Å². The lowest BCUT2D eigenvalue weighted by atomic mass is 10.2. The molecule has 1 heterocycles. The molecule has 2 rings (SSSR count). The average Bonchev–Trinajstić information content (AvgIpc) is 2.50. The first kappa shape index (κ1) is 16.1. The summed E-state index contributed by atoms with van der Waals surface area (Å²) >= 11 is 5.83. The van der Waals surface area contributed by atoms with Crippen molar-refractivity contribution in [3.05, 3.63) is 72.3 Å². The van der Waals surface area contributed by atoms with Crippen molar-refractivity contribution in [1.82, 2.24) is 9.97 Å². The Bertz CT molecular complexity index is 744. The smallest absolute Gasteiger partial charge is 0.311 e. The summed E-state index contributed by atoms with van der Waals surface area (Å²) in [6.07, 6.45) is 3.23. The van der Waals surface area contributed by atoms with Gasteiger partial charge in [-0.25, -0.2) is 9.97 Å². The van der Waals surface area contributed by atoms with Crippen molar-refractivity contribution in [3.8, 4) is 0 Å². The lowest BCUT2D eigenvalue weighted by Crippen LogP contribution is -2.14. The van der Waals surface area contributed by atoms with Crippen molar-refractivity contribution in [2.75, 3.05) is 6.61 Å². The number of ether oxygens (including phenoxy) is 1. The number of allylic oxidation sites excluding steroid dienone is 2. The number of halogens is 3. The highest BCUT2D eigenvalue weighted by Crippen LogP contribution is 2.33. The van der Waals surface area contributed by atoms with E-state index in [-0.39, 0.29) is 11.8 Å². The fourth-order valence-electron chi connectivity index (χ4n) is 1.68. The van der Waals surface area contributed by atoms with Crippen LogP contribution in [0.4, 0.5) is 8.78 Å². The Balaban J connectivity index is 2.24. The van der Waals surface area contributed by atoms with Gasteiger partial charge in [0.1, 0.15) is 12.4 Å². The summed E-state index contributed by atoms with van der Waals surface area (Å²) in [6, 6.07) is 6.67. The number of para-hydroxylation sites is 2. The van der Waals surface area contributed by atoms with Crippen LogP contribution in [0.2, 0.25) is 5.15 Å². The molecular weight excluding hydrogens is 310 g/mol. The lowest BCUT2D eigenvalue weighted by Gasteiger charge is -2.13. The first-order valence-electron chi connectivity index (χ1n) is 6.36. The average molecular weight is 323 g/mol. The standard InChI is InChI=1S/C16H13ClF2N2O/c1-3-11(2)22-10-6-9-16(18,19)14-15(17)21-13-8-5-4-7-12(13)20-14/h3-9H,1-2,10H2/b9-6+. The molecule has 1 aromatic heterocycles. The number of rotatable bonds is 6. The molecule has 22 heavy (non-hydrogen) atoms. The summed E-state index contributed by atoms with van der Waals surface area (Å²) in [5, 5.41) is -0.329. The third-order valence-corrected chi connectivity index (χ3v) is 3.03. The number of benzene rings is 1. The van der Waals surface area contributed by atoms with Gasteiger partial charge in [0.05, 0.1) is 11.0 Å². The Morgan fingerprint density at radius 3 is 2.55 bits per heavy atom. The van der Waals surface area contributed by atoms with Gasteiger partial charge in [0.2, 0.25) is 0 Å². The zero-order valence-electron chi connectivity index (χ0n) is 11.6. The van der Waals surface area contributed by atoms with E-state index in [1.165, 1.54) is 12.2 Å². The maximum absolute atomic E-state index is 14.2. The Hall–Kier alpha value is -2.27. The number of aromatic nitrogens is 2. The Morgan fingerprint density at radius 2 is 1.91 bits per heavy atom. The van der Waals surface area contributed by atoms with Gasteiger partial charge in [0.25, 0.3) is 0 Å². The highest BCUT2D eigenvalue weighted by atomic mass is 35.5. The zero-order valence-corrected chi connectivity index (χ0v) is 12.4. The van der Waals surface area contributed by atoms with Crippen molar-refractivity contribution in [3.63, 3.8) is 0 Å². The summed E-state index contributed by atoms with van der Waals surface area (Å²) in [7, 11) is 0. The van der Waals surface area contributed by atoms with E-state index in [0.717, 1.165) is 0 Å². The fraction of sp³-hybridized carbons (Fsp3) is 0.125. The minimum atomic E-state index is -3.35. The largest absolute Gasteiger partial charge is 0.490 e. The molecule has 3 nitrogen and oxygen atoms in total. The number of fused-ring (bicyclic) bond motifs is 1. The van der Waals surface area contributed by atoms with Crippen molar-refractivity contribution < 1.29 is 13.5 Å². The van der Waals surface area contributed by atoms with Gasteiger partial charge in [-0.1, -0.05) is 36.9 Å². The molecule has 0 saturated heterocycles. The number of hydrogen-bond donors (Lipinski definition) is 0. The van der Waals surface area contributed by atoms with Crippen LogP contribution in [0.5, 0.6) is 0 Å². The molecule has 0 bridgehead atoms. The minimum Gasteiger partial charge on any atom is -0.490 e. The summed E-state index contributed by atoms with van der Waals surface area (Å²) < 4.78 is 33.4. The van der Waals surface area contributed by atoms with Crippen LogP contribution in [0.3, 0.4) is 0 Å². The van der Waals surface area contributed by atoms with Crippen LogP contribution in [-0.4, -0.2) is 16.6 Å². The van der Waals surface area contributed by atoms with Gasteiger partial charge in [-0.05, 0) is 30.4 Å². The van der Waals surface area contributed by atoms with E-state index in [4.69, 9.17) is 16.3 Å². The van der Waals surface area contributed by atoms with E-state index in [9.17, 15) is 8.78 Å². The SMILES string of the molecule is C=CC(=C)OC/C=C/C(F)(F)c1nc2ccccc2nc1Cl. The second-order valence-electron chi connectivity index (χ2n) is 4.36. The van der Waals surface area contributed by atoms with Crippen LogP contribution in [0, 0.1) is 0 Å². The van der Waals surface area contributed by atoms with Gasteiger partial charge in [-0.3, -0.25) is 0 Å². The summed E-state index contributed by atoms with van der Waals surface area (Å²) in [6.45, 7) is 6.90. The molecule has 1 aromatic carbocycles. The Morgan fingerprint density at radius 1 is 1.27 bits per heavy atom. The molecule has 0 unspecified atom stereocenters. The van der Waals surface area contributed by atoms with E-state index < -0.39 is 11.6 Å². The van der Waals surface area contributed by atoms with E-state index in [2.05, 4.69) is 23.1 Å². The number of hydrogen-bond acceptors (Lipinski definition) is 3. The monoisotopic (exact) mass is 322 g/mol. The third-order valence-electron chi connectivity index (χ3n) is 2.76. The van der Waals surface area contributed by atoms with Crippen molar-refractivity contribution in [2.24, 2.45) is 0 Å². The second kappa shape index (κ2) is 6.66. The predicted octanol–water partition coefficient (Wildman–Crippen LogP) is 4.65. The molecule has 0 N–H and O–H groups in total. The maximum atomic E-state index is 14.2. The normalized spacial score (nSPS) is 11.8. The molecule has 0 atom stereocenters. The second-order valence-corrected chi connectivity index (χ2v) is 4.72. The van der Waals surface area contributed by atoms with Gasteiger partial charge in [-0.15, -0.1) is 0 Å². The third kappa shape index (κ3) is 3.68. The molecule has 0 saturated carbocycles. The number of alkyl halides is 2. The molecule has 0 radical (unpaired) electrons. The quantitative estimate of drug-likeness (QED) is 0.441. The molecule has 114 valence electrons. The fourth-order valence-corrected chi connectivity index (χ4v) is 1.94. The summed E-state index contributed by atoms with van der Waals surface area (Å²) in [4.78, 5) is 7.85. The molecule has 0 spiro atoms. The highest BCUT2D eigenvalue weighted by Gasteiger charge is 2.33. The maximum Gasteiger partial charge on any atom is 0.311 e. The van der Waals surface area contributed by atoms with Crippen LogP contribution < -0.4 is 0 Å². The van der Waals surface area contributed by atoms with Crippen molar-refractivity contribution >= 4 is 22.6 Å². The Labute approximate surface area is 131 Å².